The predicted octanol–water partition coefficient (Wildman–Crippen LogP) is 12.0. The van der Waals surface area contributed by atoms with Crippen LogP contribution in [0, 0.1) is 0 Å². The SMILES string of the molecule is c1ccc(-c2cccc(-c3nc(-c4ccccc4)nc(-c4ccc(-n5c6ccccc6c6c7cccc8c7n(c65)-c5ccccc5S8)cc4)n3)c2)cc1. The quantitative estimate of drug-likeness (QED) is 0.180. The average Bonchev–Trinajstić information content (AvgIpc) is 3.76. The molecule has 5 nitrogen and oxygen atoms in total. The van der Waals surface area contributed by atoms with Crippen molar-refractivity contribution in [2.45, 2.75) is 9.79 Å². The van der Waals surface area contributed by atoms with E-state index in [4.69, 9.17) is 15.0 Å². The third-order valence-electron chi connectivity index (χ3n) is 10.2. The molecule has 53 heavy (non-hydrogen) atoms. The third-order valence-corrected chi connectivity index (χ3v) is 11.3. The molecule has 7 aromatic carbocycles. The van der Waals surface area contributed by atoms with Gasteiger partial charge < -0.3 is 0 Å². The molecule has 10 aromatic rings. The molecule has 11 rings (SSSR count). The van der Waals surface area contributed by atoms with Crippen molar-refractivity contribution < 1.29 is 0 Å². The van der Waals surface area contributed by atoms with Crippen LogP contribution >= 0.6 is 11.8 Å². The molecule has 0 unspecified atom stereocenters. The molecule has 248 valence electrons. The molecule has 0 radical (unpaired) electrons. The van der Waals surface area contributed by atoms with Crippen molar-refractivity contribution in [3.8, 4) is 56.7 Å². The summed E-state index contributed by atoms with van der Waals surface area (Å²) in [6, 6.07) is 61.8. The van der Waals surface area contributed by atoms with E-state index in [-0.39, 0.29) is 0 Å². The first kappa shape index (κ1) is 29.9. The van der Waals surface area contributed by atoms with Crippen molar-refractivity contribution in [3.05, 3.63) is 176 Å². The van der Waals surface area contributed by atoms with Crippen LogP contribution in [0.5, 0.6) is 0 Å². The summed E-state index contributed by atoms with van der Waals surface area (Å²) in [6.07, 6.45) is 0. The first-order valence-electron chi connectivity index (χ1n) is 17.7. The van der Waals surface area contributed by atoms with Gasteiger partial charge in [0.05, 0.1) is 16.7 Å². The van der Waals surface area contributed by atoms with Gasteiger partial charge in [-0.05, 0) is 65.7 Å². The molecule has 1 aliphatic rings. The Labute approximate surface area is 309 Å². The molecule has 0 N–H and O–H groups in total. The Kier molecular flexibility index (Phi) is 6.72. The summed E-state index contributed by atoms with van der Waals surface area (Å²) in [7, 11) is 0. The van der Waals surface area contributed by atoms with Crippen molar-refractivity contribution >= 4 is 44.6 Å². The van der Waals surface area contributed by atoms with Crippen molar-refractivity contribution in [1.29, 1.82) is 0 Å². The predicted molar refractivity (Wildman–Crippen MR) is 217 cm³/mol. The fourth-order valence-corrected chi connectivity index (χ4v) is 8.86. The minimum Gasteiger partial charge on any atom is -0.295 e. The Morgan fingerprint density at radius 3 is 1.75 bits per heavy atom. The summed E-state index contributed by atoms with van der Waals surface area (Å²) in [4.78, 5) is 17.7. The topological polar surface area (TPSA) is 48.5 Å². The van der Waals surface area contributed by atoms with Crippen molar-refractivity contribution in [2.75, 3.05) is 0 Å². The van der Waals surface area contributed by atoms with Crippen LogP contribution in [0.1, 0.15) is 0 Å². The normalized spacial score (nSPS) is 12.1. The van der Waals surface area contributed by atoms with E-state index in [2.05, 4.69) is 149 Å². The van der Waals surface area contributed by atoms with Crippen LogP contribution in [0.4, 0.5) is 0 Å². The molecule has 0 saturated carbocycles. The molecular formula is C47H29N5S. The highest BCUT2D eigenvalue weighted by Crippen LogP contribution is 2.49. The van der Waals surface area contributed by atoms with Crippen LogP contribution in [0.25, 0.3) is 89.5 Å². The van der Waals surface area contributed by atoms with Crippen molar-refractivity contribution in [3.63, 3.8) is 0 Å². The Morgan fingerprint density at radius 2 is 0.962 bits per heavy atom. The van der Waals surface area contributed by atoms with Crippen LogP contribution in [-0.2, 0) is 0 Å². The van der Waals surface area contributed by atoms with E-state index >= 15 is 0 Å². The van der Waals surface area contributed by atoms with Gasteiger partial charge in [0, 0.05) is 48.3 Å². The van der Waals surface area contributed by atoms with E-state index in [0.29, 0.717) is 17.5 Å². The van der Waals surface area contributed by atoms with Gasteiger partial charge in [-0.3, -0.25) is 9.13 Å². The number of para-hydroxylation sites is 3. The molecule has 0 amide bonds. The maximum absolute atomic E-state index is 5.09. The Morgan fingerprint density at radius 1 is 0.396 bits per heavy atom. The lowest BCUT2D eigenvalue weighted by molar-refractivity contribution is 1.03. The molecular weight excluding hydrogens is 667 g/mol. The summed E-state index contributed by atoms with van der Waals surface area (Å²) in [6.45, 7) is 0. The summed E-state index contributed by atoms with van der Waals surface area (Å²) in [5, 5.41) is 3.78. The van der Waals surface area contributed by atoms with Crippen LogP contribution in [0.2, 0.25) is 0 Å². The van der Waals surface area contributed by atoms with E-state index in [1.807, 2.05) is 48.2 Å². The Balaban J connectivity index is 1.09. The first-order valence-corrected chi connectivity index (χ1v) is 18.5. The van der Waals surface area contributed by atoms with E-state index < -0.39 is 0 Å². The second kappa shape index (κ2) is 11.9. The Hall–Kier alpha value is -6.76. The van der Waals surface area contributed by atoms with Crippen LogP contribution in [0.3, 0.4) is 0 Å². The largest absolute Gasteiger partial charge is 0.295 e. The summed E-state index contributed by atoms with van der Waals surface area (Å²) in [5.74, 6) is 1.91. The zero-order valence-corrected chi connectivity index (χ0v) is 29.2. The lowest BCUT2D eigenvalue weighted by Crippen LogP contribution is -2.05. The fourth-order valence-electron chi connectivity index (χ4n) is 7.77. The standard InChI is InChI=1S/C47H29N5S/c1-3-13-30(14-4-1)33-17-11-18-34(29-33)46-49-44(31-15-5-2-6-16-31)48-45(50-46)32-25-27-35(28-26-32)51-38-21-8-7-19-36(38)42-37-20-12-24-41-43(37)52(47(42)51)39-22-9-10-23-40(39)53-41/h1-29H. The summed E-state index contributed by atoms with van der Waals surface area (Å²) < 4.78 is 4.88. The van der Waals surface area contributed by atoms with Crippen molar-refractivity contribution in [1.82, 2.24) is 24.1 Å². The van der Waals surface area contributed by atoms with Gasteiger partial charge in [0.1, 0.15) is 5.65 Å². The molecule has 0 aliphatic carbocycles. The number of rotatable bonds is 5. The highest BCUT2D eigenvalue weighted by Gasteiger charge is 2.27. The number of hydrogen-bond donors (Lipinski definition) is 0. The number of fused-ring (bicyclic) bond motifs is 7. The molecule has 0 fully saturated rings. The van der Waals surface area contributed by atoms with Crippen LogP contribution in [0.15, 0.2) is 186 Å². The van der Waals surface area contributed by atoms with Gasteiger partial charge in [-0.15, -0.1) is 0 Å². The van der Waals surface area contributed by atoms with Crippen LogP contribution < -0.4 is 0 Å². The number of benzene rings is 7. The fraction of sp³-hybridized carbons (Fsp3) is 0. The average molecular weight is 696 g/mol. The zero-order valence-electron chi connectivity index (χ0n) is 28.4. The van der Waals surface area contributed by atoms with Gasteiger partial charge in [0.25, 0.3) is 0 Å². The van der Waals surface area contributed by atoms with E-state index in [9.17, 15) is 0 Å². The second-order valence-corrected chi connectivity index (χ2v) is 14.4. The van der Waals surface area contributed by atoms with Crippen LogP contribution in [-0.4, -0.2) is 24.1 Å². The number of nitrogens with zero attached hydrogens (tertiary/aromatic N) is 5. The monoisotopic (exact) mass is 695 g/mol. The van der Waals surface area contributed by atoms with Gasteiger partial charge >= 0.3 is 0 Å². The molecule has 6 heteroatoms. The minimum absolute atomic E-state index is 0.632. The lowest BCUT2D eigenvalue weighted by Gasteiger charge is -2.21. The lowest BCUT2D eigenvalue weighted by atomic mass is 10.0. The van der Waals surface area contributed by atoms with Gasteiger partial charge in [-0.1, -0.05) is 133 Å². The second-order valence-electron chi connectivity index (χ2n) is 13.3. The molecule has 1 aliphatic heterocycles. The Bertz CT molecular complexity index is 3020. The maximum Gasteiger partial charge on any atom is 0.164 e. The first-order chi connectivity index (χ1) is 26.3. The third kappa shape index (κ3) is 4.76. The summed E-state index contributed by atoms with van der Waals surface area (Å²) in [5.41, 5.74) is 11.0. The smallest absolute Gasteiger partial charge is 0.164 e. The minimum atomic E-state index is 0.632. The molecule has 0 bridgehead atoms. The molecule has 3 aromatic heterocycles. The van der Waals surface area contributed by atoms with Gasteiger partial charge in [0.15, 0.2) is 17.5 Å². The molecule has 4 heterocycles. The van der Waals surface area contributed by atoms with Gasteiger partial charge in [-0.25, -0.2) is 15.0 Å². The van der Waals surface area contributed by atoms with E-state index in [0.717, 1.165) is 33.5 Å². The van der Waals surface area contributed by atoms with E-state index in [1.165, 1.54) is 48.3 Å². The zero-order chi connectivity index (χ0) is 34.9. The number of hydrogen-bond acceptors (Lipinski definition) is 4. The highest BCUT2D eigenvalue weighted by atomic mass is 32.2. The van der Waals surface area contributed by atoms with Crippen molar-refractivity contribution in [2.24, 2.45) is 0 Å². The maximum atomic E-state index is 5.09. The molecule has 0 saturated heterocycles. The summed E-state index contributed by atoms with van der Waals surface area (Å²) >= 11 is 1.85. The van der Waals surface area contributed by atoms with E-state index in [1.54, 1.807) is 0 Å². The number of aromatic nitrogens is 5. The highest BCUT2D eigenvalue weighted by molar-refractivity contribution is 7.99. The molecule has 0 spiro atoms. The molecule has 0 atom stereocenters. The van der Waals surface area contributed by atoms with Gasteiger partial charge in [-0.2, -0.15) is 0 Å². The van der Waals surface area contributed by atoms with Gasteiger partial charge in [0.2, 0.25) is 0 Å².